The van der Waals surface area contributed by atoms with E-state index in [-0.39, 0.29) is 12.1 Å². The highest BCUT2D eigenvalue weighted by atomic mass is 19.1. The molecule has 2 heterocycles. The molecule has 0 atom stereocenters. The molecule has 0 spiro atoms. The molecule has 2 fully saturated rings. The van der Waals surface area contributed by atoms with Gasteiger partial charge in [-0.15, -0.1) is 10.2 Å². The van der Waals surface area contributed by atoms with Gasteiger partial charge in [0.2, 0.25) is 0 Å². The smallest absolute Gasteiger partial charge is 0.251 e. The van der Waals surface area contributed by atoms with Crippen LogP contribution >= 0.6 is 0 Å². The van der Waals surface area contributed by atoms with Crippen molar-refractivity contribution in [2.24, 2.45) is 0 Å². The Kier molecular flexibility index (Phi) is 2.52. The van der Waals surface area contributed by atoms with Crippen LogP contribution in [-0.4, -0.2) is 19.3 Å². The Hall–Kier alpha value is -1.98. The van der Waals surface area contributed by atoms with E-state index in [0.29, 0.717) is 12.0 Å². The van der Waals surface area contributed by atoms with Crippen molar-refractivity contribution in [3.63, 3.8) is 0 Å². The van der Waals surface area contributed by atoms with Crippen LogP contribution in [0.25, 0.3) is 0 Å². The van der Waals surface area contributed by atoms with Crippen molar-refractivity contribution >= 4 is 0 Å². The maximum absolute atomic E-state index is 13.3. The highest BCUT2D eigenvalue weighted by Gasteiger charge is 2.36. The summed E-state index contributed by atoms with van der Waals surface area (Å²) < 4.78 is 16.8. The minimum atomic E-state index is -0.412. The number of hydrogen-bond acceptors (Lipinski definition) is 3. The fourth-order valence-corrected chi connectivity index (χ4v) is 2.57. The summed E-state index contributed by atoms with van der Waals surface area (Å²) in [6, 6.07) is 2.90. The summed E-state index contributed by atoms with van der Waals surface area (Å²) in [7, 11) is 0. The Morgan fingerprint density at radius 3 is 2.70 bits per heavy atom. The van der Waals surface area contributed by atoms with E-state index < -0.39 is 5.82 Å². The standard InChI is InChI=1S/C14H15FN4O/c15-10-3-6-13(20)18(7-10)8-12-16-17-14(9-1-2-9)19(12)11-4-5-11/h3,6-7,9,11H,1-2,4-5,8H2. The van der Waals surface area contributed by atoms with Gasteiger partial charge in [0, 0.05) is 24.2 Å². The summed E-state index contributed by atoms with van der Waals surface area (Å²) >= 11 is 0. The van der Waals surface area contributed by atoms with Crippen molar-refractivity contribution in [2.45, 2.75) is 44.2 Å². The molecule has 5 nitrogen and oxygen atoms in total. The van der Waals surface area contributed by atoms with Crippen molar-refractivity contribution in [1.29, 1.82) is 0 Å². The van der Waals surface area contributed by atoms with E-state index >= 15 is 0 Å². The average molecular weight is 274 g/mol. The van der Waals surface area contributed by atoms with Gasteiger partial charge < -0.3 is 9.13 Å². The Bertz CT molecular complexity index is 712. The van der Waals surface area contributed by atoms with Crippen LogP contribution in [-0.2, 0) is 6.54 Å². The molecule has 104 valence electrons. The monoisotopic (exact) mass is 274 g/mol. The zero-order valence-corrected chi connectivity index (χ0v) is 11.0. The van der Waals surface area contributed by atoms with E-state index in [1.54, 1.807) is 0 Å². The van der Waals surface area contributed by atoms with Gasteiger partial charge in [0.25, 0.3) is 5.56 Å². The van der Waals surface area contributed by atoms with Crippen molar-refractivity contribution in [2.75, 3.05) is 0 Å². The summed E-state index contributed by atoms with van der Waals surface area (Å²) in [5.41, 5.74) is -0.218. The fourth-order valence-electron chi connectivity index (χ4n) is 2.57. The van der Waals surface area contributed by atoms with Crippen molar-refractivity contribution in [1.82, 2.24) is 19.3 Å². The molecule has 4 rings (SSSR count). The zero-order chi connectivity index (χ0) is 13.7. The molecule has 0 saturated heterocycles. The molecule has 0 N–H and O–H groups in total. The summed E-state index contributed by atoms with van der Waals surface area (Å²) in [5, 5.41) is 8.53. The van der Waals surface area contributed by atoms with Crippen LogP contribution < -0.4 is 5.56 Å². The molecule has 0 radical (unpaired) electrons. The van der Waals surface area contributed by atoms with Crippen molar-refractivity contribution < 1.29 is 4.39 Å². The maximum Gasteiger partial charge on any atom is 0.251 e. The highest BCUT2D eigenvalue weighted by Crippen LogP contribution is 2.44. The third-order valence-corrected chi connectivity index (χ3v) is 3.91. The number of rotatable bonds is 4. The first-order chi connectivity index (χ1) is 9.72. The average Bonchev–Trinajstić information content (AvgIpc) is 3.33. The van der Waals surface area contributed by atoms with Crippen LogP contribution in [0.4, 0.5) is 4.39 Å². The Labute approximate surface area is 115 Å². The largest absolute Gasteiger partial charge is 0.310 e. The lowest BCUT2D eigenvalue weighted by Crippen LogP contribution is -2.21. The lowest BCUT2D eigenvalue weighted by atomic mass is 10.3. The molecular formula is C14H15FN4O. The summed E-state index contributed by atoms with van der Waals surface area (Å²) in [4.78, 5) is 11.8. The second-order valence-corrected chi connectivity index (χ2v) is 5.66. The fraction of sp³-hybridized carbons (Fsp3) is 0.500. The van der Waals surface area contributed by atoms with Gasteiger partial charge in [-0.1, -0.05) is 0 Å². The third-order valence-electron chi connectivity index (χ3n) is 3.91. The predicted molar refractivity (Wildman–Crippen MR) is 70.0 cm³/mol. The van der Waals surface area contributed by atoms with E-state index in [2.05, 4.69) is 14.8 Å². The molecule has 0 aromatic carbocycles. The summed E-state index contributed by atoms with van der Waals surface area (Å²) in [6.45, 7) is 0.285. The molecule has 0 bridgehead atoms. The van der Waals surface area contributed by atoms with Crippen molar-refractivity contribution in [3.8, 4) is 0 Å². The van der Waals surface area contributed by atoms with E-state index in [1.165, 1.54) is 35.7 Å². The summed E-state index contributed by atoms with van der Waals surface area (Å²) in [6.07, 6.45) is 5.85. The molecular weight excluding hydrogens is 259 g/mol. The summed E-state index contributed by atoms with van der Waals surface area (Å²) in [5.74, 6) is 1.93. The minimum Gasteiger partial charge on any atom is -0.310 e. The maximum atomic E-state index is 13.3. The van der Waals surface area contributed by atoms with Gasteiger partial charge in [-0.05, 0) is 31.7 Å². The van der Waals surface area contributed by atoms with E-state index in [0.717, 1.165) is 24.5 Å². The normalized spacial score (nSPS) is 18.4. The SMILES string of the molecule is O=c1ccc(F)cn1Cc1nnc(C2CC2)n1C1CC1. The number of nitrogens with zero attached hydrogens (tertiary/aromatic N) is 4. The molecule has 0 aliphatic heterocycles. The Morgan fingerprint density at radius 1 is 1.20 bits per heavy atom. The predicted octanol–water partition coefficient (Wildman–Crippen LogP) is 1.84. The van der Waals surface area contributed by atoms with Crippen LogP contribution in [0.5, 0.6) is 0 Å². The molecule has 0 unspecified atom stereocenters. The molecule has 6 heteroatoms. The Balaban J connectivity index is 1.71. The second kappa shape index (κ2) is 4.26. The van der Waals surface area contributed by atoms with Gasteiger partial charge in [-0.3, -0.25) is 4.79 Å². The van der Waals surface area contributed by atoms with E-state index in [4.69, 9.17) is 0 Å². The van der Waals surface area contributed by atoms with Crippen LogP contribution in [0.1, 0.15) is 49.3 Å². The van der Waals surface area contributed by atoms with Crippen LogP contribution in [0, 0.1) is 5.82 Å². The van der Waals surface area contributed by atoms with E-state index in [9.17, 15) is 9.18 Å². The van der Waals surface area contributed by atoms with Crippen LogP contribution in [0.3, 0.4) is 0 Å². The first-order valence-corrected chi connectivity index (χ1v) is 7.02. The van der Waals surface area contributed by atoms with Crippen molar-refractivity contribution in [3.05, 3.63) is 46.1 Å². The highest BCUT2D eigenvalue weighted by molar-refractivity contribution is 5.12. The van der Waals surface area contributed by atoms with Crippen LogP contribution in [0.15, 0.2) is 23.1 Å². The molecule has 2 aliphatic carbocycles. The number of halogens is 1. The topological polar surface area (TPSA) is 52.7 Å². The van der Waals surface area contributed by atoms with Gasteiger partial charge in [-0.25, -0.2) is 4.39 Å². The Morgan fingerprint density at radius 2 is 2.00 bits per heavy atom. The molecule has 2 aromatic heterocycles. The lowest BCUT2D eigenvalue weighted by molar-refractivity contribution is 0.572. The van der Waals surface area contributed by atoms with E-state index in [1.807, 2.05) is 0 Å². The molecule has 20 heavy (non-hydrogen) atoms. The van der Waals surface area contributed by atoms with Gasteiger partial charge in [-0.2, -0.15) is 0 Å². The van der Waals surface area contributed by atoms with Gasteiger partial charge in [0.05, 0.1) is 6.54 Å². The zero-order valence-electron chi connectivity index (χ0n) is 11.0. The number of pyridine rings is 1. The first kappa shape index (κ1) is 11.8. The lowest BCUT2D eigenvalue weighted by Gasteiger charge is -2.09. The second-order valence-electron chi connectivity index (χ2n) is 5.66. The van der Waals surface area contributed by atoms with Gasteiger partial charge in [0.1, 0.15) is 11.6 Å². The van der Waals surface area contributed by atoms with Crippen LogP contribution in [0.2, 0.25) is 0 Å². The molecule has 2 saturated carbocycles. The first-order valence-electron chi connectivity index (χ1n) is 7.02. The van der Waals surface area contributed by atoms with Gasteiger partial charge >= 0.3 is 0 Å². The minimum absolute atomic E-state index is 0.218. The molecule has 0 amide bonds. The number of aromatic nitrogens is 4. The third kappa shape index (κ3) is 2.05. The molecule has 2 aromatic rings. The van der Waals surface area contributed by atoms with Gasteiger partial charge in [0.15, 0.2) is 5.82 Å². The molecule has 2 aliphatic rings. The number of hydrogen-bond donors (Lipinski definition) is 0. The quantitative estimate of drug-likeness (QED) is 0.854.